The van der Waals surface area contributed by atoms with Gasteiger partial charge in [0, 0.05) is 43.6 Å². The summed E-state index contributed by atoms with van der Waals surface area (Å²) in [6.45, 7) is 6.19. The minimum atomic E-state index is -4.14. The second-order valence-electron chi connectivity index (χ2n) is 11.5. The number of rotatable bonds is 12. The van der Waals surface area contributed by atoms with E-state index in [-0.39, 0.29) is 23.0 Å². The van der Waals surface area contributed by atoms with Gasteiger partial charge in [-0.05, 0) is 82.1 Å². The third-order valence-corrected chi connectivity index (χ3v) is 8.49. The van der Waals surface area contributed by atoms with Crippen LogP contribution < -0.4 is 29.7 Å². The van der Waals surface area contributed by atoms with Crippen molar-refractivity contribution in [3.63, 3.8) is 0 Å². The van der Waals surface area contributed by atoms with Gasteiger partial charge in [0.25, 0.3) is 5.91 Å². The summed E-state index contributed by atoms with van der Waals surface area (Å²) in [7, 11) is -1.14. The van der Waals surface area contributed by atoms with E-state index in [1.165, 1.54) is 38.5 Å². The Morgan fingerprint density at radius 1 is 1.00 bits per heavy atom. The van der Waals surface area contributed by atoms with Crippen LogP contribution in [0, 0.1) is 0 Å². The molecular formula is C31H40N6O7S. The van der Waals surface area contributed by atoms with Crippen molar-refractivity contribution in [2.24, 2.45) is 0 Å². The molecule has 0 unspecified atom stereocenters. The molecule has 1 aromatic heterocycles. The van der Waals surface area contributed by atoms with Gasteiger partial charge in [0.2, 0.25) is 16.0 Å². The van der Waals surface area contributed by atoms with Gasteiger partial charge in [-0.2, -0.15) is 4.72 Å². The smallest absolute Gasteiger partial charge is 0.326 e. The van der Waals surface area contributed by atoms with Crippen LogP contribution in [0.2, 0.25) is 0 Å². The van der Waals surface area contributed by atoms with Gasteiger partial charge in [0.1, 0.15) is 23.1 Å². The zero-order chi connectivity index (χ0) is 32.6. The summed E-state index contributed by atoms with van der Waals surface area (Å²) in [5, 5.41) is 6.02. The third kappa shape index (κ3) is 9.28. The minimum absolute atomic E-state index is 0.0725. The lowest BCUT2D eigenvalue weighted by Crippen LogP contribution is -2.50. The summed E-state index contributed by atoms with van der Waals surface area (Å²) in [5.74, 6) is 0.258. The number of hydrogen-bond donors (Lipinski definition) is 3. The maximum atomic E-state index is 13.2. The van der Waals surface area contributed by atoms with Crippen LogP contribution >= 0.6 is 0 Å². The van der Waals surface area contributed by atoms with Crippen molar-refractivity contribution in [3.8, 4) is 11.5 Å². The summed E-state index contributed by atoms with van der Waals surface area (Å²) in [6, 6.07) is 11.4. The lowest BCUT2D eigenvalue weighted by molar-refractivity contribution is -0.156. The molecule has 2 aromatic carbocycles. The highest BCUT2D eigenvalue weighted by molar-refractivity contribution is 7.89. The maximum Gasteiger partial charge on any atom is 0.326 e. The molecule has 1 amide bonds. The fraction of sp³-hybridized carbons (Fsp3) is 0.419. The number of methoxy groups -OCH3 is 2. The van der Waals surface area contributed by atoms with Crippen molar-refractivity contribution in [1.82, 2.24) is 20.0 Å². The van der Waals surface area contributed by atoms with E-state index in [0.717, 1.165) is 31.6 Å². The van der Waals surface area contributed by atoms with Crippen LogP contribution in [-0.4, -0.2) is 81.8 Å². The van der Waals surface area contributed by atoms with Crippen LogP contribution in [0.4, 0.5) is 11.6 Å². The van der Waals surface area contributed by atoms with E-state index in [1.807, 2.05) is 6.07 Å². The molecule has 2 heterocycles. The predicted octanol–water partition coefficient (Wildman–Crippen LogP) is 2.99. The Hall–Kier alpha value is -4.43. The fourth-order valence-electron chi connectivity index (χ4n) is 4.75. The van der Waals surface area contributed by atoms with Crippen LogP contribution in [0.3, 0.4) is 0 Å². The standard InChI is InChI=1S/C31H40N6O7S/c1-31(2,3)44-29(39)25(36-45(40,41)24-10-8-23(42-4)9-11-24)20-34-28(38)21-7-12-26(27(19-21)43-5)37-17-13-22(14-18-37)35-30-32-15-6-16-33-30/h6-12,15-16,19,22,25,36H,13-14,17-18,20H2,1-5H3,(H,34,38)(H,32,33,35)/t25-/m0/s1. The van der Waals surface area contributed by atoms with Crippen LogP contribution in [0.5, 0.6) is 11.5 Å². The van der Waals surface area contributed by atoms with Crippen molar-refractivity contribution in [2.45, 2.75) is 56.2 Å². The first-order valence-corrected chi connectivity index (χ1v) is 16.0. The second kappa shape index (κ2) is 14.6. The van der Waals surface area contributed by atoms with E-state index in [2.05, 4.69) is 30.2 Å². The Morgan fingerprint density at radius 3 is 2.27 bits per heavy atom. The van der Waals surface area contributed by atoms with Crippen molar-refractivity contribution < 1.29 is 32.2 Å². The van der Waals surface area contributed by atoms with E-state index in [0.29, 0.717) is 17.4 Å². The number of ether oxygens (including phenoxy) is 3. The van der Waals surface area contributed by atoms with Crippen LogP contribution in [0.1, 0.15) is 44.0 Å². The number of benzene rings is 2. The predicted molar refractivity (Wildman–Crippen MR) is 169 cm³/mol. The van der Waals surface area contributed by atoms with Crippen molar-refractivity contribution >= 4 is 33.5 Å². The van der Waals surface area contributed by atoms with Gasteiger partial charge in [-0.1, -0.05) is 0 Å². The molecule has 0 radical (unpaired) electrons. The molecule has 3 N–H and O–H groups in total. The molecule has 1 aliphatic rings. The van der Waals surface area contributed by atoms with Gasteiger partial charge >= 0.3 is 5.97 Å². The number of amides is 1. The van der Waals surface area contributed by atoms with Crippen molar-refractivity contribution in [3.05, 3.63) is 66.5 Å². The lowest BCUT2D eigenvalue weighted by Gasteiger charge is -2.34. The lowest BCUT2D eigenvalue weighted by atomic mass is 10.0. The van der Waals surface area contributed by atoms with Gasteiger partial charge in [0.15, 0.2) is 0 Å². The molecule has 1 fully saturated rings. The number of piperidine rings is 1. The largest absolute Gasteiger partial charge is 0.497 e. The van der Waals surface area contributed by atoms with Gasteiger partial charge in [-0.25, -0.2) is 18.4 Å². The topological polar surface area (TPSA) is 161 Å². The highest BCUT2D eigenvalue weighted by atomic mass is 32.2. The number of esters is 1. The highest BCUT2D eigenvalue weighted by Gasteiger charge is 2.31. The summed E-state index contributed by atoms with van der Waals surface area (Å²) in [6.07, 6.45) is 5.13. The number of nitrogens with zero attached hydrogens (tertiary/aromatic N) is 3. The Labute approximate surface area is 263 Å². The number of sulfonamides is 1. The number of hydrogen-bond acceptors (Lipinski definition) is 11. The first-order chi connectivity index (χ1) is 21.4. The SMILES string of the molecule is COc1ccc(S(=O)(=O)N[C@@H](CNC(=O)c2ccc(N3CCC(Nc4ncccn4)CC3)c(OC)c2)C(=O)OC(C)(C)C)cc1. The first kappa shape index (κ1) is 33.5. The molecule has 13 nitrogen and oxygen atoms in total. The van der Waals surface area contributed by atoms with Crippen LogP contribution in [-0.2, 0) is 19.6 Å². The molecule has 0 bridgehead atoms. The molecule has 242 valence electrons. The van der Waals surface area contributed by atoms with E-state index >= 15 is 0 Å². The van der Waals surface area contributed by atoms with E-state index in [1.54, 1.807) is 51.4 Å². The van der Waals surface area contributed by atoms with E-state index in [4.69, 9.17) is 14.2 Å². The van der Waals surface area contributed by atoms with Gasteiger partial charge in [-0.3, -0.25) is 9.59 Å². The molecule has 45 heavy (non-hydrogen) atoms. The zero-order valence-electron chi connectivity index (χ0n) is 26.1. The monoisotopic (exact) mass is 640 g/mol. The number of nitrogens with one attached hydrogen (secondary N) is 3. The quantitative estimate of drug-likeness (QED) is 0.250. The van der Waals surface area contributed by atoms with Crippen LogP contribution in [0.25, 0.3) is 0 Å². The van der Waals surface area contributed by atoms with Crippen molar-refractivity contribution in [2.75, 3.05) is 44.1 Å². The normalized spacial score (nSPS) is 14.7. The Bertz CT molecular complexity index is 1560. The second-order valence-corrected chi connectivity index (χ2v) is 13.2. The molecule has 0 saturated carbocycles. The van der Waals surface area contributed by atoms with E-state index in [9.17, 15) is 18.0 Å². The van der Waals surface area contributed by atoms with Crippen LogP contribution in [0.15, 0.2) is 65.8 Å². The van der Waals surface area contributed by atoms with Gasteiger partial charge in [-0.15, -0.1) is 0 Å². The molecule has 3 aromatic rings. The Kier molecular flexibility index (Phi) is 10.8. The third-order valence-electron chi connectivity index (χ3n) is 7.00. The minimum Gasteiger partial charge on any atom is -0.497 e. The average Bonchev–Trinajstić information content (AvgIpc) is 3.02. The zero-order valence-corrected chi connectivity index (χ0v) is 26.9. The Balaban J connectivity index is 1.42. The number of carbonyl (C=O) groups excluding carboxylic acids is 2. The molecular weight excluding hydrogens is 600 g/mol. The molecule has 0 spiro atoms. The van der Waals surface area contributed by atoms with E-state index < -0.39 is 33.5 Å². The highest BCUT2D eigenvalue weighted by Crippen LogP contribution is 2.32. The summed E-state index contributed by atoms with van der Waals surface area (Å²) in [5.41, 5.74) is 0.255. The van der Waals surface area contributed by atoms with Gasteiger partial charge < -0.3 is 29.7 Å². The molecule has 1 saturated heterocycles. The number of aromatic nitrogens is 2. The molecule has 14 heteroatoms. The average molecular weight is 641 g/mol. The molecule has 1 aliphatic heterocycles. The maximum absolute atomic E-state index is 13.2. The summed E-state index contributed by atoms with van der Waals surface area (Å²) < 4.78 is 44.7. The van der Waals surface area contributed by atoms with Crippen molar-refractivity contribution in [1.29, 1.82) is 0 Å². The first-order valence-electron chi connectivity index (χ1n) is 14.5. The molecule has 4 rings (SSSR count). The number of anilines is 2. The molecule has 0 aliphatic carbocycles. The molecule has 1 atom stereocenters. The Morgan fingerprint density at radius 2 is 1.67 bits per heavy atom. The van der Waals surface area contributed by atoms with Gasteiger partial charge in [0.05, 0.1) is 24.8 Å². The fourth-order valence-corrected chi connectivity index (χ4v) is 5.94. The number of carbonyl (C=O) groups is 2. The summed E-state index contributed by atoms with van der Waals surface area (Å²) >= 11 is 0. The summed E-state index contributed by atoms with van der Waals surface area (Å²) in [4.78, 5) is 36.8.